The molecule has 1 aromatic heterocycles. The van der Waals surface area contributed by atoms with Gasteiger partial charge in [0.15, 0.2) is 0 Å². The summed E-state index contributed by atoms with van der Waals surface area (Å²) in [5, 5.41) is 30.6. The summed E-state index contributed by atoms with van der Waals surface area (Å²) >= 11 is 0.0833. The van der Waals surface area contributed by atoms with Gasteiger partial charge in [0.25, 0.3) is 0 Å². The molecule has 13 rings (SSSR count). The molecule has 4 heteroatoms. The van der Waals surface area contributed by atoms with Gasteiger partial charge in [-0.3, -0.25) is 0 Å². The van der Waals surface area contributed by atoms with E-state index in [1.165, 1.54) is 49.7 Å². The van der Waals surface area contributed by atoms with Gasteiger partial charge in [-0.2, -0.15) is 0 Å². The third kappa shape index (κ3) is 8.25. The van der Waals surface area contributed by atoms with Crippen molar-refractivity contribution in [3.05, 3.63) is 112 Å². The zero-order valence-corrected chi connectivity index (χ0v) is 46.7. The molecule has 8 aliphatic carbocycles. The summed E-state index contributed by atoms with van der Waals surface area (Å²) in [5.41, 5.74) is 15.3. The van der Waals surface area contributed by atoms with Crippen molar-refractivity contribution >= 4 is 0 Å². The zero-order chi connectivity index (χ0) is 47.6. The third-order valence-corrected chi connectivity index (χ3v) is 18.2. The van der Waals surface area contributed by atoms with Gasteiger partial charge in [0.2, 0.25) is 0 Å². The van der Waals surface area contributed by atoms with Crippen LogP contribution in [0, 0.1) is 47.3 Å². The fourth-order valence-corrected chi connectivity index (χ4v) is 17.7. The average molecular weight is 1060 g/mol. The predicted molar refractivity (Wildman–Crippen MR) is 272 cm³/mol. The van der Waals surface area contributed by atoms with Crippen LogP contribution >= 0.6 is 0 Å². The first kappa shape index (κ1) is 47.2. The Bertz CT molecular complexity index is 2540. The molecule has 5 aromatic rings. The molecule has 0 saturated heterocycles. The first-order valence-electron chi connectivity index (χ1n) is 26.1. The number of rotatable bonds is 8. The Morgan fingerprint density at radius 2 is 0.836 bits per heavy atom. The maximum atomic E-state index is 15.3. The van der Waals surface area contributed by atoms with Gasteiger partial charge in [-0.1, -0.05) is 133 Å². The first-order chi connectivity index (χ1) is 31.6. The SMILES string of the molecule is Cc1cc(-c2ccc(C(C)C)cc2-c2cccc(-c3cc(C(C)C)ccc3-c3cc(C)cc(C45CC6C[C@@](C)(C4)C[C@](C)(C6)C5)c3[O-])n2)c([O-])c(C23CC4C[C@@](C)(C2)C[C@](C)(C4)C3)c1.[CH3][Hf+2][CH3]. The van der Waals surface area contributed by atoms with Gasteiger partial charge >= 0.3 is 32.3 Å². The van der Waals surface area contributed by atoms with E-state index in [-0.39, 0.29) is 45.2 Å². The number of aromatic nitrogens is 1. The molecule has 8 saturated carbocycles. The van der Waals surface area contributed by atoms with Crippen LogP contribution in [-0.2, 0) is 33.7 Å². The van der Waals surface area contributed by atoms with E-state index in [2.05, 4.69) is 157 Å². The molecule has 67 heavy (non-hydrogen) atoms. The monoisotopic (exact) mass is 1060 g/mol. The summed E-state index contributed by atoms with van der Waals surface area (Å²) in [4.78, 5) is 5.58. The van der Waals surface area contributed by atoms with Crippen molar-refractivity contribution < 1.29 is 33.1 Å². The molecule has 0 amide bonds. The Kier molecular flexibility index (Phi) is 11.7. The van der Waals surface area contributed by atoms with Crippen LogP contribution in [0.5, 0.6) is 11.5 Å². The molecule has 8 bridgehead atoms. The molecule has 0 spiro atoms. The van der Waals surface area contributed by atoms with Gasteiger partial charge in [-0.25, -0.2) is 4.98 Å². The topological polar surface area (TPSA) is 59.0 Å². The van der Waals surface area contributed by atoms with Gasteiger partial charge in [0.05, 0.1) is 11.4 Å². The quantitative estimate of drug-likeness (QED) is 0.146. The van der Waals surface area contributed by atoms with Gasteiger partial charge in [-0.15, -0.1) is 0 Å². The second-order valence-corrected chi connectivity index (χ2v) is 29.6. The van der Waals surface area contributed by atoms with Crippen LogP contribution in [-0.4, -0.2) is 4.98 Å². The summed E-state index contributed by atoms with van der Waals surface area (Å²) in [7, 11) is 0. The van der Waals surface area contributed by atoms with Crippen molar-refractivity contribution in [2.24, 2.45) is 33.5 Å². The average Bonchev–Trinajstić information content (AvgIpc) is 3.22. The molecular weight excluding hydrogens is 981 g/mol. The molecule has 8 atom stereocenters. The predicted octanol–water partition coefficient (Wildman–Crippen LogP) is 16.4. The maximum absolute atomic E-state index is 15.3. The third-order valence-electron chi connectivity index (χ3n) is 18.2. The number of hydrogen-bond acceptors (Lipinski definition) is 3. The minimum absolute atomic E-state index is 0.0590. The van der Waals surface area contributed by atoms with Crippen molar-refractivity contribution in [1.82, 2.24) is 4.98 Å². The van der Waals surface area contributed by atoms with E-state index in [9.17, 15) is 0 Å². The zero-order valence-electron chi connectivity index (χ0n) is 43.1. The van der Waals surface area contributed by atoms with Crippen LogP contribution < -0.4 is 10.2 Å². The molecule has 8 aliphatic rings. The number of nitrogens with zero attached hydrogens (tertiary/aromatic N) is 1. The van der Waals surface area contributed by atoms with Crippen LogP contribution in [0.15, 0.2) is 78.9 Å². The van der Waals surface area contributed by atoms with Crippen LogP contribution in [0.25, 0.3) is 44.8 Å². The van der Waals surface area contributed by atoms with Crippen molar-refractivity contribution in [3.8, 4) is 56.3 Å². The van der Waals surface area contributed by atoms with Crippen LogP contribution in [0.4, 0.5) is 0 Å². The molecule has 0 radical (unpaired) electrons. The van der Waals surface area contributed by atoms with E-state index in [0.29, 0.717) is 45.3 Å². The Morgan fingerprint density at radius 3 is 1.16 bits per heavy atom. The molecule has 4 aromatic carbocycles. The second kappa shape index (κ2) is 16.6. The van der Waals surface area contributed by atoms with Crippen molar-refractivity contribution in [3.63, 3.8) is 0 Å². The molecule has 8 fully saturated rings. The van der Waals surface area contributed by atoms with Crippen LogP contribution in [0.3, 0.4) is 0 Å². The number of aryl methyl sites for hydroxylation is 2. The molecule has 1 heterocycles. The first-order valence-corrected chi connectivity index (χ1v) is 33.3. The van der Waals surface area contributed by atoms with Gasteiger partial charge in [-0.05, 0) is 216 Å². The summed E-state index contributed by atoms with van der Waals surface area (Å²) in [5.74, 6) is 2.44. The summed E-state index contributed by atoms with van der Waals surface area (Å²) in [6.07, 6.45) is 14.6. The van der Waals surface area contributed by atoms with Crippen LogP contribution in [0.1, 0.15) is 178 Å². The standard InChI is InChI=1S/C61H73NO2.2CH3.Hf/c1-36(2)42-14-16-44(48-18-38(5)20-50(54(48)63)60-28-40-24-56(7,32-60)30-57(8,25-40)33-60)46(22-42)52-12-11-13-53(62-52)47-23-43(37(3)4)15-17-45(47)49-19-39(6)21-51(55(49)64)61-29-41-26-58(9,34-61)31-59(10,27-41)35-61;;;/h11-23,36-37,40-41,63-64H,24-35H2,1-10H3;2*1H3;/q;;;+2/p-2/t40?,41?,56-,57+,58-,59+,60?,61?;;;. The van der Waals surface area contributed by atoms with E-state index in [4.69, 9.17) is 4.98 Å². The molecule has 3 nitrogen and oxygen atoms in total. The summed E-state index contributed by atoms with van der Waals surface area (Å²) in [6.45, 7) is 23.4. The Morgan fingerprint density at radius 1 is 0.478 bits per heavy atom. The Hall–Kier alpha value is -3.50. The number of benzene rings is 4. The van der Waals surface area contributed by atoms with E-state index in [1.54, 1.807) is 0 Å². The van der Waals surface area contributed by atoms with Gasteiger partial charge in [0.1, 0.15) is 0 Å². The van der Waals surface area contributed by atoms with Crippen molar-refractivity contribution in [2.45, 2.75) is 178 Å². The Labute approximate surface area is 415 Å². The number of hydrogen-bond donors (Lipinski definition) is 0. The van der Waals surface area contributed by atoms with E-state index >= 15 is 10.2 Å². The molecule has 350 valence electrons. The summed E-state index contributed by atoms with van der Waals surface area (Å²) < 4.78 is 4.64. The van der Waals surface area contributed by atoms with E-state index in [1.807, 2.05) is 0 Å². The molecule has 4 unspecified atom stereocenters. The van der Waals surface area contributed by atoms with Gasteiger partial charge in [0, 0.05) is 11.1 Å². The molecule has 0 aliphatic heterocycles. The molecular formula is C63H77HfNO2. The van der Waals surface area contributed by atoms with E-state index < -0.39 is 0 Å². The van der Waals surface area contributed by atoms with E-state index in [0.717, 1.165) is 106 Å². The number of pyridine rings is 1. The fraction of sp³-hybridized carbons (Fsp3) is 0.540. The fourth-order valence-electron chi connectivity index (χ4n) is 17.7. The van der Waals surface area contributed by atoms with Crippen molar-refractivity contribution in [2.75, 3.05) is 0 Å². The van der Waals surface area contributed by atoms with Gasteiger partial charge < -0.3 is 10.2 Å². The summed E-state index contributed by atoms with van der Waals surface area (Å²) in [6, 6.07) is 28.6. The second-order valence-electron chi connectivity index (χ2n) is 26.0. The molecule has 0 N–H and O–H groups in total. The minimum atomic E-state index is -0.0590. The van der Waals surface area contributed by atoms with Crippen LogP contribution in [0.2, 0.25) is 9.36 Å². The normalized spacial score (nSPS) is 32.1. The van der Waals surface area contributed by atoms with Crippen molar-refractivity contribution in [1.29, 1.82) is 0 Å². The Balaban J connectivity index is 0.00000171.